The van der Waals surface area contributed by atoms with Gasteiger partial charge in [0.25, 0.3) is 0 Å². The Labute approximate surface area is 111 Å². The molecule has 1 aliphatic heterocycles. The smallest absolute Gasteiger partial charge is 0.186 e. The van der Waals surface area contributed by atoms with Crippen molar-refractivity contribution in [2.24, 2.45) is 0 Å². The molecule has 2 rings (SSSR count). The Hall–Kier alpha value is -1.13. The van der Waals surface area contributed by atoms with Crippen molar-refractivity contribution in [1.82, 2.24) is 9.88 Å². The fourth-order valence-electron chi connectivity index (χ4n) is 1.68. The van der Waals surface area contributed by atoms with Gasteiger partial charge < -0.3 is 9.64 Å². The SMILES string of the molecule is CCN(Cc1ccc(Cl)nc1)C1=CC(=S)OC1. The minimum Gasteiger partial charge on any atom is -0.477 e. The van der Waals surface area contributed by atoms with Crippen LogP contribution in [0.5, 0.6) is 0 Å². The van der Waals surface area contributed by atoms with Crippen LogP contribution in [-0.2, 0) is 11.3 Å². The Morgan fingerprint density at radius 3 is 2.88 bits per heavy atom. The number of likely N-dealkylation sites (N-methyl/N-ethyl adjacent to an activating group) is 1. The molecular formula is C12H13ClN2OS. The van der Waals surface area contributed by atoms with E-state index in [9.17, 15) is 0 Å². The first-order chi connectivity index (χ1) is 8.19. The van der Waals surface area contributed by atoms with Crippen molar-refractivity contribution >= 4 is 28.9 Å². The molecule has 1 aliphatic rings. The molecule has 0 bridgehead atoms. The zero-order chi connectivity index (χ0) is 12.3. The van der Waals surface area contributed by atoms with Gasteiger partial charge in [0, 0.05) is 25.4 Å². The van der Waals surface area contributed by atoms with E-state index in [1.807, 2.05) is 12.1 Å². The maximum atomic E-state index is 5.76. The van der Waals surface area contributed by atoms with E-state index in [2.05, 4.69) is 16.8 Å². The minimum atomic E-state index is 0.515. The number of aromatic nitrogens is 1. The molecule has 0 atom stereocenters. The number of thiocarbonyl (C=S) groups is 1. The lowest BCUT2D eigenvalue weighted by Gasteiger charge is -2.23. The van der Waals surface area contributed by atoms with Gasteiger partial charge in [0.05, 0.1) is 5.70 Å². The molecule has 0 aromatic carbocycles. The second-order valence-electron chi connectivity index (χ2n) is 3.75. The number of halogens is 1. The van der Waals surface area contributed by atoms with E-state index < -0.39 is 0 Å². The average Bonchev–Trinajstić information content (AvgIpc) is 2.75. The Kier molecular flexibility index (Phi) is 3.97. The quantitative estimate of drug-likeness (QED) is 0.619. The summed E-state index contributed by atoms with van der Waals surface area (Å²) in [4.78, 5) is 6.28. The number of hydrogen-bond donors (Lipinski definition) is 0. The molecule has 0 unspecified atom stereocenters. The summed E-state index contributed by atoms with van der Waals surface area (Å²) < 4.78 is 5.27. The lowest BCUT2D eigenvalue weighted by atomic mass is 10.2. The zero-order valence-electron chi connectivity index (χ0n) is 9.52. The number of hydrogen-bond acceptors (Lipinski definition) is 4. The molecule has 3 nitrogen and oxygen atoms in total. The molecular weight excluding hydrogens is 256 g/mol. The van der Waals surface area contributed by atoms with Gasteiger partial charge in [-0.1, -0.05) is 17.7 Å². The van der Waals surface area contributed by atoms with Crippen LogP contribution in [0.2, 0.25) is 5.15 Å². The molecule has 0 saturated carbocycles. The Morgan fingerprint density at radius 1 is 1.53 bits per heavy atom. The van der Waals surface area contributed by atoms with Crippen LogP contribution in [-0.4, -0.2) is 28.1 Å². The van der Waals surface area contributed by atoms with E-state index in [1.54, 1.807) is 12.3 Å². The summed E-state index contributed by atoms with van der Waals surface area (Å²) >= 11 is 10.7. The first-order valence-electron chi connectivity index (χ1n) is 5.41. The molecule has 2 heterocycles. The molecule has 0 N–H and O–H groups in total. The van der Waals surface area contributed by atoms with E-state index in [0.29, 0.717) is 16.8 Å². The van der Waals surface area contributed by atoms with Crippen LogP contribution in [0.25, 0.3) is 0 Å². The number of rotatable bonds is 4. The van der Waals surface area contributed by atoms with Crippen molar-refractivity contribution < 1.29 is 4.74 Å². The van der Waals surface area contributed by atoms with Gasteiger partial charge in [-0.15, -0.1) is 0 Å². The molecule has 0 spiro atoms. The molecule has 0 fully saturated rings. The maximum Gasteiger partial charge on any atom is 0.186 e. The van der Waals surface area contributed by atoms with Crippen LogP contribution in [0.1, 0.15) is 12.5 Å². The zero-order valence-corrected chi connectivity index (χ0v) is 11.1. The first-order valence-corrected chi connectivity index (χ1v) is 6.20. The van der Waals surface area contributed by atoms with Gasteiger partial charge >= 0.3 is 0 Å². The van der Waals surface area contributed by atoms with Crippen molar-refractivity contribution in [3.63, 3.8) is 0 Å². The number of nitrogens with zero attached hydrogens (tertiary/aromatic N) is 2. The Bertz CT molecular complexity index is 444. The topological polar surface area (TPSA) is 25.4 Å². The molecule has 0 aliphatic carbocycles. The Balaban J connectivity index is 2.07. The highest BCUT2D eigenvalue weighted by atomic mass is 35.5. The monoisotopic (exact) mass is 268 g/mol. The van der Waals surface area contributed by atoms with E-state index in [1.165, 1.54) is 0 Å². The van der Waals surface area contributed by atoms with E-state index in [4.69, 9.17) is 28.6 Å². The molecule has 90 valence electrons. The predicted octanol–water partition coefficient (Wildman–Crippen LogP) is 2.80. The summed E-state index contributed by atoms with van der Waals surface area (Å²) in [5.41, 5.74) is 2.24. The van der Waals surface area contributed by atoms with Gasteiger partial charge in [0.1, 0.15) is 11.8 Å². The van der Waals surface area contributed by atoms with Crippen molar-refractivity contribution in [1.29, 1.82) is 0 Å². The third-order valence-electron chi connectivity index (χ3n) is 2.60. The van der Waals surface area contributed by atoms with Gasteiger partial charge in [-0.2, -0.15) is 0 Å². The molecule has 1 aromatic rings. The van der Waals surface area contributed by atoms with E-state index in [0.717, 1.165) is 24.4 Å². The van der Waals surface area contributed by atoms with Crippen LogP contribution >= 0.6 is 23.8 Å². The van der Waals surface area contributed by atoms with Crippen LogP contribution in [0, 0.1) is 0 Å². The summed E-state index contributed by atoms with van der Waals surface area (Å²) in [7, 11) is 0. The number of pyridine rings is 1. The van der Waals surface area contributed by atoms with Crippen LogP contribution in [0.3, 0.4) is 0 Å². The largest absolute Gasteiger partial charge is 0.477 e. The molecule has 5 heteroatoms. The average molecular weight is 269 g/mol. The van der Waals surface area contributed by atoms with Crippen LogP contribution in [0.15, 0.2) is 30.1 Å². The van der Waals surface area contributed by atoms with Crippen molar-refractivity contribution in [3.8, 4) is 0 Å². The fourth-order valence-corrected chi connectivity index (χ4v) is 1.99. The summed E-state index contributed by atoms with van der Waals surface area (Å²) in [6.07, 6.45) is 3.70. The molecule has 0 radical (unpaired) electrons. The van der Waals surface area contributed by atoms with Gasteiger partial charge in [0.2, 0.25) is 0 Å². The summed E-state index contributed by atoms with van der Waals surface area (Å²) in [5.74, 6) is 0. The van der Waals surface area contributed by atoms with Crippen molar-refractivity contribution in [2.45, 2.75) is 13.5 Å². The summed E-state index contributed by atoms with van der Waals surface area (Å²) in [5, 5.41) is 1.08. The minimum absolute atomic E-state index is 0.515. The highest BCUT2D eigenvalue weighted by Crippen LogP contribution is 2.16. The molecule has 1 aromatic heterocycles. The lowest BCUT2D eigenvalue weighted by Crippen LogP contribution is -2.23. The fraction of sp³-hybridized carbons (Fsp3) is 0.333. The molecule has 0 saturated heterocycles. The third kappa shape index (κ3) is 3.17. The van der Waals surface area contributed by atoms with Crippen molar-refractivity contribution in [2.75, 3.05) is 13.2 Å². The highest BCUT2D eigenvalue weighted by Gasteiger charge is 2.16. The third-order valence-corrected chi connectivity index (χ3v) is 3.06. The second kappa shape index (κ2) is 5.47. The van der Waals surface area contributed by atoms with E-state index in [-0.39, 0.29) is 0 Å². The number of ether oxygens (including phenoxy) is 1. The maximum absolute atomic E-state index is 5.76. The van der Waals surface area contributed by atoms with Crippen LogP contribution in [0.4, 0.5) is 0 Å². The van der Waals surface area contributed by atoms with Gasteiger partial charge in [-0.25, -0.2) is 4.98 Å². The lowest BCUT2D eigenvalue weighted by molar-refractivity contribution is 0.282. The first kappa shape index (κ1) is 12.3. The van der Waals surface area contributed by atoms with Gasteiger partial charge in [0.15, 0.2) is 5.05 Å². The van der Waals surface area contributed by atoms with E-state index >= 15 is 0 Å². The van der Waals surface area contributed by atoms with Gasteiger partial charge in [-0.3, -0.25) is 0 Å². The standard InChI is InChI=1S/C12H13ClN2OS/c1-2-15(10-5-12(17)16-8-10)7-9-3-4-11(13)14-6-9/h3-6H,2,7-8H2,1H3. The highest BCUT2D eigenvalue weighted by molar-refractivity contribution is 7.80. The van der Waals surface area contributed by atoms with Crippen molar-refractivity contribution in [3.05, 3.63) is 40.8 Å². The van der Waals surface area contributed by atoms with Gasteiger partial charge in [-0.05, 0) is 30.8 Å². The predicted molar refractivity (Wildman–Crippen MR) is 72.0 cm³/mol. The van der Waals surface area contributed by atoms with Crippen LogP contribution < -0.4 is 0 Å². The Morgan fingerprint density at radius 2 is 2.35 bits per heavy atom. The summed E-state index contributed by atoms with van der Waals surface area (Å²) in [6.45, 7) is 4.36. The molecule has 17 heavy (non-hydrogen) atoms. The normalized spacial score (nSPS) is 14.5. The molecule has 0 amide bonds. The summed E-state index contributed by atoms with van der Waals surface area (Å²) in [6, 6.07) is 3.78. The second-order valence-corrected chi connectivity index (χ2v) is 4.54.